The molecule has 0 aromatic heterocycles. The van der Waals surface area contributed by atoms with Crippen LogP contribution in [-0.2, 0) is 19.1 Å². The number of hydrogen-bond acceptors (Lipinski definition) is 5. The summed E-state index contributed by atoms with van der Waals surface area (Å²) in [6, 6.07) is 5.69. The van der Waals surface area contributed by atoms with Gasteiger partial charge in [0.1, 0.15) is 6.54 Å². The highest BCUT2D eigenvalue weighted by Crippen LogP contribution is 2.21. The molecule has 168 valence electrons. The van der Waals surface area contributed by atoms with Gasteiger partial charge in [0, 0.05) is 37.9 Å². The number of ether oxygens (including phenoxy) is 1. The van der Waals surface area contributed by atoms with Crippen molar-refractivity contribution >= 4 is 29.5 Å². The minimum absolute atomic E-state index is 0.0689. The van der Waals surface area contributed by atoms with Crippen molar-refractivity contribution in [2.75, 3.05) is 44.2 Å². The number of carbonyl (C=O) groups is 4. The molecule has 0 aliphatic carbocycles. The van der Waals surface area contributed by atoms with E-state index in [1.807, 2.05) is 32.0 Å². The number of likely N-dealkylation sites (tertiary alicyclic amines) is 1. The Labute approximate surface area is 182 Å². The summed E-state index contributed by atoms with van der Waals surface area (Å²) < 4.78 is 4.99. The smallest absolute Gasteiger partial charge is 0.409 e. The van der Waals surface area contributed by atoms with Crippen molar-refractivity contribution in [2.45, 2.75) is 39.7 Å². The van der Waals surface area contributed by atoms with E-state index >= 15 is 0 Å². The van der Waals surface area contributed by atoms with Crippen LogP contribution in [0.5, 0.6) is 0 Å². The van der Waals surface area contributed by atoms with Crippen molar-refractivity contribution in [3.05, 3.63) is 29.3 Å². The molecule has 0 bridgehead atoms. The lowest BCUT2D eigenvalue weighted by molar-refractivity contribution is -0.147. The second-order valence-corrected chi connectivity index (χ2v) is 8.06. The molecule has 2 heterocycles. The minimum atomic E-state index is -0.669. The molecule has 2 saturated heterocycles. The zero-order valence-corrected chi connectivity index (χ0v) is 18.3. The monoisotopic (exact) mass is 430 g/mol. The van der Waals surface area contributed by atoms with Gasteiger partial charge in [-0.2, -0.15) is 0 Å². The predicted molar refractivity (Wildman–Crippen MR) is 115 cm³/mol. The SMILES string of the molecule is CCOC(=O)N1CCC(NC(=O)CN2CCN(c3cc(C)cc(C)c3)C(=O)C2=O)CC1. The third-order valence-electron chi connectivity index (χ3n) is 5.55. The van der Waals surface area contributed by atoms with E-state index < -0.39 is 11.8 Å². The first-order valence-corrected chi connectivity index (χ1v) is 10.7. The van der Waals surface area contributed by atoms with Gasteiger partial charge in [0.05, 0.1) is 6.61 Å². The Bertz CT molecular complexity index is 843. The number of piperidine rings is 1. The van der Waals surface area contributed by atoms with Gasteiger partial charge in [-0.25, -0.2) is 4.79 Å². The fourth-order valence-electron chi connectivity index (χ4n) is 4.05. The second-order valence-electron chi connectivity index (χ2n) is 8.06. The first-order valence-electron chi connectivity index (χ1n) is 10.7. The molecule has 2 aliphatic rings. The van der Waals surface area contributed by atoms with Crippen LogP contribution in [-0.4, -0.2) is 79.0 Å². The first kappa shape index (κ1) is 22.6. The van der Waals surface area contributed by atoms with Gasteiger partial charge < -0.3 is 24.8 Å². The fraction of sp³-hybridized carbons (Fsp3) is 0.545. The highest BCUT2D eigenvalue weighted by Gasteiger charge is 2.35. The zero-order valence-electron chi connectivity index (χ0n) is 18.3. The van der Waals surface area contributed by atoms with Gasteiger partial charge in [0.15, 0.2) is 0 Å². The minimum Gasteiger partial charge on any atom is -0.450 e. The highest BCUT2D eigenvalue weighted by atomic mass is 16.6. The third kappa shape index (κ3) is 5.53. The normalized spacial score (nSPS) is 17.7. The molecule has 9 nitrogen and oxygen atoms in total. The molecule has 1 aromatic carbocycles. The fourth-order valence-corrected chi connectivity index (χ4v) is 4.05. The molecule has 9 heteroatoms. The average Bonchev–Trinajstić information content (AvgIpc) is 2.71. The molecule has 2 fully saturated rings. The molecular weight excluding hydrogens is 400 g/mol. The summed E-state index contributed by atoms with van der Waals surface area (Å²) in [5.74, 6) is -1.58. The Morgan fingerprint density at radius 3 is 2.26 bits per heavy atom. The molecule has 31 heavy (non-hydrogen) atoms. The Morgan fingerprint density at radius 2 is 1.65 bits per heavy atom. The van der Waals surface area contributed by atoms with Crippen LogP contribution in [0, 0.1) is 13.8 Å². The lowest BCUT2D eigenvalue weighted by Gasteiger charge is -2.35. The molecular formula is C22H30N4O5. The molecule has 0 unspecified atom stereocenters. The maximum Gasteiger partial charge on any atom is 0.409 e. The largest absolute Gasteiger partial charge is 0.450 e. The van der Waals surface area contributed by atoms with Crippen LogP contribution in [0.3, 0.4) is 0 Å². The van der Waals surface area contributed by atoms with Crippen LogP contribution in [0.2, 0.25) is 0 Å². The van der Waals surface area contributed by atoms with Gasteiger partial charge in [-0.15, -0.1) is 0 Å². The van der Waals surface area contributed by atoms with Crippen LogP contribution in [0.1, 0.15) is 30.9 Å². The summed E-state index contributed by atoms with van der Waals surface area (Å²) in [4.78, 5) is 53.8. The van der Waals surface area contributed by atoms with Gasteiger partial charge in [0.2, 0.25) is 5.91 Å². The first-order chi connectivity index (χ1) is 14.8. The maximum atomic E-state index is 12.6. The Hall–Kier alpha value is -3.10. The van der Waals surface area contributed by atoms with Crippen molar-refractivity contribution in [3.8, 4) is 0 Å². The second kappa shape index (κ2) is 9.80. The van der Waals surface area contributed by atoms with E-state index in [0.717, 1.165) is 11.1 Å². The number of nitrogens with zero attached hydrogens (tertiary/aromatic N) is 3. The van der Waals surface area contributed by atoms with Crippen molar-refractivity contribution < 1.29 is 23.9 Å². The standard InChI is InChI=1S/C22H30N4O5/c1-4-31-22(30)24-7-5-17(6-8-24)23-19(27)14-25-9-10-26(21(29)20(25)28)18-12-15(2)11-16(3)13-18/h11-13,17H,4-10,14H2,1-3H3,(H,23,27). The average molecular weight is 431 g/mol. The summed E-state index contributed by atoms with van der Waals surface area (Å²) in [6.45, 7) is 7.50. The molecule has 2 aliphatic heterocycles. The number of aryl methyl sites for hydroxylation is 2. The van der Waals surface area contributed by atoms with Crippen LogP contribution >= 0.6 is 0 Å². The van der Waals surface area contributed by atoms with Gasteiger partial charge in [-0.05, 0) is 56.9 Å². The molecule has 1 N–H and O–H groups in total. The lowest BCUT2D eigenvalue weighted by atomic mass is 10.1. The van der Waals surface area contributed by atoms with E-state index in [-0.39, 0.29) is 24.6 Å². The van der Waals surface area contributed by atoms with E-state index in [1.165, 1.54) is 9.80 Å². The summed E-state index contributed by atoms with van der Waals surface area (Å²) in [5.41, 5.74) is 2.74. The van der Waals surface area contributed by atoms with Crippen molar-refractivity contribution in [1.29, 1.82) is 0 Å². The number of amides is 4. The number of piperazine rings is 1. The molecule has 1 aromatic rings. The van der Waals surface area contributed by atoms with E-state index in [0.29, 0.717) is 51.3 Å². The topological polar surface area (TPSA) is 99.3 Å². The van der Waals surface area contributed by atoms with Crippen LogP contribution in [0.15, 0.2) is 18.2 Å². The number of benzene rings is 1. The summed E-state index contributed by atoms with van der Waals surface area (Å²) in [7, 11) is 0. The Balaban J connectivity index is 1.50. The van der Waals surface area contributed by atoms with Crippen molar-refractivity contribution in [2.24, 2.45) is 0 Å². The molecule has 4 amide bonds. The quantitative estimate of drug-likeness (QED) is 0.708. The number of anilines is 1. The predicted octanol–water partition coefficient (Wildman–Crippen LogP) is 1.22. The van der Waals surface area contributed by atoms with Crippen molar-refractivity contribution in [3.63, 3.8) is 0 Å². The van der Waals surface area contributed by atoms with Gasteiger partial charge in [-0.1, -0.05) is 6.07 Å². The molecule has 0 spiro atoms. The van der Waals surface area contributed by atoms with Gasteiger partial charge >= 0.3 is 17.9 Å². The summed E-state index contributed by atoms with van der Waals surface area (Å²) in [6.07, 6.45) is 0.911. The summed E-state index contributed by atoms with van der Waals surface area (Å²) >= 11 is 0. The molecule has 0 atom stereocenters. The van der Waals surface area contributed by atoms with E-state index in [2.05, 4.69) is 5.32 Å². The number of rotatable bonds is 5. The maximum absolute atomic E-state index is 12.6. The molecule has 0 radical (unpaired) electrons. The van der Waals surface area contributed by atoms with Crippen LogP contribution in [0.25, 0.3) is 0 Å². The van der Waals surface area contributed by atoms with Crippen LogP contribution < -0.4 is 10.2 Å². The molecule has 0 saturated carbocycles. The highest BCUT2D eigenvalue weighted by molar-refractivity contribution is 6.41. The Kier molecular flexibility index (Phi) is 7.14. The number of hydrogen-bond donors (Lipinski definition) is 1. The zero-order chi connectivity index (χ0) is 22.5. The third-order valence-corrected chi connectivity index (χ3v) is 5.55. The van der Waals surface area contributed by atoms with Crippen LogP contribution in [0.4, 0.5) is 10.5 Å². The number of nitrogens with one attached hydrogen (secondary N) is 1. The van der Waals surface area contributed by atoms with E-state index in [4.69, 9.17) is 4.74 Å². The molecule has 3 rings (SSSR count). The number of carbonyl (C=O) groups excluding carboxylic acids is 4. The van der Waals surface area contributed by atoms with Gasteiger partial charge in [0.25, 0.3) is 0 Å². The van der Waals surface area contributed by atoms with Gasteiger partial charge in [-0.3, -0.25) is 14.4 Å². The Morgan fingerprint density at radius 1 is 1.00 bits per heavy atom. The summed E-state index contributed by atoms with van der Waals surface area (Å²) in [5, 5.41) is 2.91. The lowest BCUT2D eigenvalue weighted by Crippen LogP contribution is -2.57. The van der Waals surface area contributed by atoms with Crippen molar-refractivity contribution in [1.82, 2.24) is 15.1 Å². The van der Waals surface area contributed by atoms with E-state index in [1.54, 1.807) is 11.8 Å². The van der Waals surface area contributed by atoms with E-state index in [9.17, 15) is 19.2 Å².